The molecule has 0 amide bonds. The van der Waals surface area contributed by atoms with Crippen molar-refractivity contribution in [2.45, 2.75) is 4.90 Å². The van der Waals surface area contributed by atoms with Gasteiger partial charge in [-0.2, -0.15) is 0 Å². The number of nitrogens with zero attached hydrogens (tertiary/aromatic N) is 3. The lowest BCUT2D eigenvalue weighted by Crippen LogP contribution is -2.12. The Hall–Kier alpha value is -2.45. The summed E-state index contributed by atoms with van der Waals surface area (Å²) in [6, 6.07) is 10.0. The van der Waals surface area contributed by atoms with Crippen molar-refractivity contribution in [1.82, 2.24) is 8.96 Å². The van der Waals surface area contributed by atoms with Crippen LogP contribution in [0.2, 0.25) is 5.02 Å². The maximum atomic E-state index is 12.7. The van der Waals surface area contributed by atoms with Gasteiger partial charge in [-0.15, -0.1) is 0 Å². The molecule has 0 aliphatic rings. The van der Waals surface area contributed by atoms with Crippen molar-refractivity contribution >= 4 is 38.3 Å². The molecule has 0 aliphatic heterocycles. The minimum Gasteiger partial charge on any atom is -0.258 e. The average molecular weight is 338 g/mol. The summed E-state index contributed by atoms with van der Waals surface area (Å²) >= 11 is 5.71. The minimum atomic E-state index is -4.00. The molecule has 0 aliphatic carbocycles. The number of imidazole rings is 1. The molecular formula is C13H8ClN3O4S. The van der Waals surface area contributed by atoms with Crippen molar-refractivity contribution in [3.8, 4) is 0 Å². The molecule has 0 N–H and O–H groups in total. The van der Waals surface area contributed by atoms with Crippen LogP contribution in [0.3, 0.4) is 0 Å². The van der Waals surface area contributed by atoms with E-state index in [4.69, 9.17) is 11.6 Å². The van der Waals surface area contributed by atoms with Gasteiger partial charge in [0, 0.05) is 6.07 Å². The van der Waals surface area contributed by atoms with E-state index in [9.17, 15) is 18.5 Å². The molecule has 0 bridgehead atoms. The van der Waals surface area contributed by atoms with Gasteiger partial charge in [-0.1, -0.05) is 23.7 Å². The van der Waals surface area contributed by atoms with Gasteiger partial charge in [-0.25, -0.2) is 17.4 Å². The molecule has 1 aromatic heterocycles. The molecule has 0 saturated heterocycles. The number of halogens is 1. The molecule has 7 nitrogen and oxygen atoms in total. The third-order valence-electron chi connectivity index (χ3n) is 3.09. The Kier molecular flexibility index (Phi) is 3.34. The smallest absolute Gasteiger partial charge is 0.258 e. The number of nitro groups is 1. The Morgan fingerprint density at radius 2 is 1.91 bits per heavy atom. The molecular weight excluding hydrogens is 330 g/mol. The fourth-order valence-corrected chi connectivity index (χ4v) is 3.53. The van der Waals surface area contributed by atoms with Crippen LogP contribution in [0, 0.1) is 10.1 Å². The summed E-state index contributed by atoms with van der Waals surface area (Å²) in [5.41, 5.74) is 0.432. The van der Waals surface area contributed by atoms with Crippen LogP contribution >= 0.6 is 11.6 Å². The van der Waals surface area contributed by atoms with E-state index in [1.165, 1.54) is 18.5 Å². The number of benzene rings is 2. The summed E-state index contributed by atoms with van der Waals surface area (Å²) in [6.07, 6.45) is 1.17. The van der Waals surface area contributed by atoms with E-state index >= 15 is 0 Å². The van der Waals surface area contributed by atoms with Crippen molar-refractivity contribution in [2.75, 3.05) is 0 Å². The van der Waals surface area contributed by atoms with E-state index in [1.807, 2.05) is 0 Å². The number of hydrogen-bond donors (Lipinski definition) is 0. The van der Waals surface area contributed by atoms with Gasteiger partial charge in [0.15, 0.2) is 0 Å². The Labute approximate surface area is 130 Å². The number of fused-ring (bicyclic) bond motifs is 1. The monoisotopic (exact) mass is 337 g/mol. The number of nitro benzene ring substituents is 1. The average Bonchev–Trinajstić information content (AvgIpc) is 2.91. The van der Waals surface area contributed by atoms with E-state index in [0.29, 0.717) is 11.0 Å². The van der Waals surface area contributed by atoms with Crippen molar-refractivity contribution < 1.29 is 13.3 Å². The highest BCUT2D eigenvalue weighted by atomic mass is 35.5. The summed E-state index contributed by atoms with van der Waals surface area (Å²) in [6.45, 7) is 0. The number of aromatic nitrogens is 2. The predicted molar refractivity (Wildman–Crippen MR) is 80.4 cm³/mol. The molecule has 0 radical (unpaired) electrons. The lowest BCUT2D eigenvalue weighted by atomic mass is 10.3. The fourth-order valence-electron chi connectivity index (χ4n) is 2.03. The Balaban J connectivity index is 2.22. The van der Waals surface area contributed by atoms with Crippen LogP contribution in [0.5, 0.6) is 0 Å². The topological polar surface area (TPSA) is 95.1 Å². The summed E-state index contributed by atoms with van der Waals surface area (Å²) in [5, 5.41) is 10.8. The Morgan fingerprint density at radius 3 is 2.64 bits per heavy atom. The van der Waals surface area contributed by atoms with Crippen LogP contribution in [0.15, 0.2) is 53.7 Å². The number of rotatable bonds is 3. The van der Waals surface area contributed by atoms with Gasteiger partial charge in [0.05, 0.1) is 20.9 Å². The second-order valence-corrected chi connectivity index (χ2v) is 6.63. The molecule has 0 unspecified atom stereocenters. The maximum absolute atomic E-state index is 12.7. The standard InChI is InChI=1S/C13H8ClN3O4S/c14-10-6-5-9(7-13(10)17(18)19)22(20,21)16-8-15-11-3-1-2-4-12(11)16/h1-8H. The molecule has 0 saturated carbocycles. The maximum Gasteiger partial charge on any atom is 0.289 e. The summed E-state index contributed by atoms with van der Waals surface area (Å²) in [5.74, 6) is 0. The Bertz CT molecular complexity index is 997. The van der Waals surface area contributed by atoms with Crippen LogP contribution < -0.4 is 0 Å². The van der Waals surface area contributed by atoms with Crippen LogP contribution in [0.4, 0.5) is 5.69 Å². The highest BCUT2D eigenvalue weighted by Gasteiger charge is 2.23. The third-order valence-corrected chi connectivity index (χ3v) is 5.07. The molecule has 112 valence electrons. The van der Waals surface area contributed by atoms with E-state index in [0.717, 1.165) is 10.0 Å². The zero-order valence-electron chi connectivity index (χ0n) is 10.9. The first-order chi connectivity index (χ1) is 10.4. The summed E-state index contributed by atoms with van der Waals surface area (Å²) in [4.78, 5) is 14.0. The zero-order chi connectivity index (χ0) is 15.9. The Morgan fingerprint density at radius 1 is 1.18 bits per heavy atom. The second-order valence-electron chi connectivity index (χ2n) is 4.40. The second kappa shape index (κ2) is 5.08. The van der Waals surface area contributed by atoms with Gasteiger partial charge in [0.25, 0.3) is 15.7 Å². The molecule has 22 heavy (non-hydrogen) atoms. The highest BCUT2D eigenvalue weighted by molar-refractivity contribution is 7.90. The van der Waals surface area contributed by atoms with Crippen molar-refractivity contribution in [3.05, 3.63) is 63.9 Å². The third kappa shape index (κ3) is 2.22. The van der Waals surface area contributed by atoms with Gasteiger partial charge in [0.1, 0.15) is 11.3 Å². The lowest BCUT2D eigenvalue weighted by molar-refractivity contribution is -0.384. The number of para-hydroxylation sites is 2. The normalized spacial score (nSPS) is 11.7. The zero-order valence-corrected chi connectivity index (χ0v) is 12.5. The van der Waals surface area contributed by atoms with Crippen LogP contribution in [-0.4, -0.2) is 22.3 Å². The first-order valence-corrected chi connectivity index (χ1v) is 7.84. The van der Waals surface area contributed by atoms with Gasteiger partial charge in [-0.3, -0.25) is 10.1 Å². The van der Waals surface area contributed by atoms with E-state index in [1.54, 1.807) is 24.3 Å². The van der Waals surface area contributed by atoms with Crippen LogP contribution in [-0.2, 0) is 10.0 Å². The molecule has 9 heteroatoms. The van der Waals surface area contributed by atoms with Gasteiger partial charge >= 0.3 is 0 Å². The van der Waals surface area contributed by atoms with Crippen molar-refractivity contribution in [3.63, 3.8) is 0 Å². The largest absolute Gasteiger partial charge is 0.289 e. The molecule has 0 fully saturated rings. The quantitative estimate of drug-likeness (QED) is 0.541. The van der Waals surface area contributed by atoms with Gasteiger partial charge < -0.3 is 0 Å². The van der Waals surface area contributed by atoms with Crippen molar-refractivity contribution in [2.24, 2.45) is 0 Å². The first-order valence-electron chi connectivity index (χ1n) is 6.03. The van der Waals surface area contributed by atoms with Gasteiger partial charge in [-0.05, 0) is 24.3 Å². The van der Waals surface area contributed by atoms with Gasteiger partial charge in [0.2, 0.25) is 0 Å². The first kappa shape index (κ1) is 14.5. The molecule has 3 aromatic rings. The van der Waals surface area contributed by atoms with E-state index in [-0.39, 0.29) is 9.92 Å². The van der Waals surface area contributed by atoms with E-state index in [2.05, 4.69) is 4.98 Å². The molecule has 0 spiro atoms. The highest BCUT2D eigenvalue weighted by Crippen LogP contribution is 2.29. The fraction of sp³-hybridized carbons (Fsp3) is 0. The molecule has 3 rings (SSSR count). The molecule has 1 heterocycles. The predicted octanol–water partition coefficient (Wildman–Crippen LogP) is 2.83. The SMILES string of the molecule is O=[N+]([O-])c1cc(S(=O)(=O)n2cnc3ccccc32)ccc1Cl. The summed E-state index contributed by atoms with van der Waals surface area (Å²) < 4.78 is 26.3. The van der Waals surface area contributed by atoms with Crippen LogP contribution in [0.1, 0.15) is 0 Å². The lowest BCUT2D eigenvalue weighted by Gasteiger charge is -2.07. The minimum absolute atomic E-state index is 0.126. The summed E-state index contributed by atoms with van der Waals surface area (Å²) in [7, 11) is -4.00. The molecule has 0 atom stereocenters. The molecule has 2 aromatic carbocycles. The van der Waals surface area contributed by atoms with E-state index < -0.39 is 20.6 Å². The van der Waals surface area contributed by atoms with Crippen molar-refractivity contribution in [1.29, 1.82) is 0 Å². The number of hydrogen-bond acceptors (Lipinski definition) is 5. The van der Waals surface area contributed by atoms with Crippen LogP contribution in [0.25, 0.3) is 11.0 Å².